The normalized spacial score (nSPS) is 11.4. The van der Waals surface area contributed by atoms with E-state index in [0.29, 0.717) is 0 Å². The molecule has 1 aromatic carbocycles. The van der Waals surface area contributed by atoms with Gasteiger partial charge in [-0.25, -0.2) is 0 Å². The second kappa shape index (κ2) is 4.47. The van der Waals surface area contributed by atoms with Crippen LogP contribution in [0.3, 0.4) is 0 Å². The Morgan fingerprint density at radius 2 is 1.79 bits per heavy atom. The Labute approximate surface area is 86.1 Å². The molecule has 2 heteroatoms. The van der Waals surface area contributed by atoms with E-state index in [0.717, 1.165) is 18.7 Å². The lowest BCUT2D eigenvalue weighted by atomic mass is 9.82. The van der Waals surface area contributed by atoms with Crippen LogP contribution in [0.5, 0.6) is 5.75 Å². The smallest absolute Gasteiger partial charge is 0.118 e. The SMILES string of the molecule is COc1ccc(C(C)(C)CCN)cc1. The van der Waals surface area contributed by atoms with Crippen molar-refractivity contribution >= 4 is 0 Å². The molecule has 0 heterocycles. The molecule has 14 heavy (non-hydrogen) atoms. The van der Waals surface area contributed by atoms with E-state index in [1.807, 2.05) is 12.1 Å². The zero-order valence-electron chi connectivity index (χ0n) is 9.21. The van der Waals surface area contributed by atoms with Gasteiger partial charge in [0.25, 0.3) is 0 Å². The van der Waals surface area contributed by atoms with Crippen LogP contribution in [0, 0.1) is 0 Å². The molecule has 1 rings (SSSR count). The van der Waals surface area contributed by atoms with Gasteiger partial charge in [-0.2, -0.15) is 0 Å². The van der Waals surface area contributed by atoms with Crippen molar-refractivity contribution < 1.29 is 4.74 Å². The van der Waals surface area contributed by atoms with E-state index in [1.165, 1.54) is 5.56 Å². The van der Waals surface area contributed by atoms with Crippen LogP contribution in [0.2, 0.25) is 0 Å². The summed E-state index contributed by atoms with van der Waals surface area (Å²) in [5, 5.41) is 0. The van der Waals surface area contributed by atoms with Crippen LogP contribution >= 0.6 is 0 Å². The number of rotatable bonds is 4. The Morgan fingerprint density at radius 3 is 2.21 bits per heavy atom. The maximum atomic E-state index is 5.58. The summed E-state index contributed by atoms with van der Waals surface area (Å²) in [5.41, 5.74) is 7.05. The molecule has 0 bridgehead atoms. The first-order valence-electron chi connectivity index (χ1n) is 4.95. The quantitative estimate of drug-likeness (QED) is 0.796. The molecule has 0 aliphatic rings. The third-order valence-corrected chi connectivity index (χ3v) is 2.64. The Morgan fingerprint density at radius 1 is 1.21 bits per heavy atom. The molecule has 78 valence electrons. The van der Waals surface area contributed by atoms with Gasteiger partial charge >= 0.3 is 0 Å². The molecule has 1 aromatic rings. The Hall–Kier alpha value is -1.02. The summed E-state index contributed by atoms with van der Waals surface area (Å²) in [6.07, 6.45) is 0.999. The lowest BCUT2D eigenvalue weighted by Crippen LogP contribution is -2.21. The third kappa shape index (κ3) is 2.48. The molecule has 2 nitrogen and oxygen atoms in total. The minimum absolute atomic E-state index is 0.154. The van der Waals surface area contributed by atoms with Crippen LogP contribution in [0.4, 0.5) is 0 Å². The van der Waals surface area contributed by atoms with Crippen LogP contribution in [0.1, 0.15) is 25.8 Å². The van der Waals surface area contributed by atoms with Crippen LogP contribution in [-0.2, 0) is 5.41 Å². The third-order valence-electron chi connectivity index (χ3n) is 2.64. The van der Waals surface area contributed by atoms with Gasteiger partial charge in [0.1, 0.15) is 5.75 Å². The Bertz CT molecular complexity index is 277. The predicted octanol–water partition coefficient (Wildman–Crippen LogP) is 2.32. The summed E-state index contributed by atoms with van der Waals surface area (Å²) >= 11 is 0. The first-order chi connectivity index (χ1) is 6.60. The van der Waals surface area contributed by atoms with Gasteiger partial charge in [-0.1, -0.05) is 26.0 Å². The first-order valence-corrected chi connectivity index (χ1v) is 4.95. The fraction of sp³-hybridized carbons (Fsp3) is 0.500. The monoisotopic (exact) mass is 193 g/mol. The average Bonchev–Trinajstić information content (AvgIpc) is 2.18. The molecule has 0 saturated carbocycles. The second-order valence-corrected chi connectivity index (χ2v) is 4.15. The minimum Gasteiger partial charge on any atom is -0.497 e. The van der Waals surface area contributed by atoms with Crippen molar-refractivity contribution in [3.05, 3.63) is 29.8 Å². The van der Waals surface area contributed by atoms with E-state index in [4.69, 9.17) is 10.5 Å². The zero-order chi connectivity index (χ0) is 10.6. The average molecular weight is 193 g/mol. The molecule has 0 fully saturated rings. The minimum atomic E-state index is 0.154. The van der Waals surface area contributed by atoms with Gasteiger partial charge in [0, 0.05) is 0 Å². The number of ether oxygens (including phenoxy) is 1. The number of hydrogen-bond donors (Lipinski definition) is 1. The molecule has 0 aromatic heterocycles. The largest absolute Gasteiger partial charge is 0.497 e. The summed E-state index contributed by atoms with van der Waals surface area (Å²) in [4.78, 5) is 0. The highest BCUT2D eigenvalue weighted by Crippen LogP contribution is 2.27. The molecule has 0 aliphatic carbocycles. The number of hydrogen-bond acceptors (Lipinski definition) is 2. The summed E-state index contributed by atoms with van der Waals surface area (Å²) in [6, 6.07) is 8.20. The van der Waals surface area contributed by atoms with Gasteiger partial charge in [0.05, 0.1) is 7.11 Å². The van der Waals surface area contributed by atoms with Crippen molar-refractivity contribution in [2.45, 2.75) is 25.7 Å². The number of benzene rings is 1. The summed E-state index contributed by atoms with van der Waals surface area (Å²) in [5.74, 6) is 0.900. The molecule has 0 atom stereocenters. The highest BCUT2D eigenvalue weighted by molar-refractivity contribution is 5.31. The van der Waals surface area contributed by atoms with Crippen LogP contribution < -0.4 is 10.5 Å². The highest BCUT2D eigenvalue weighted by atomic mass is 16.5. The summed E-state index contributed by atoms with van der Waals surface area (Å²) in [7, 11) is 1.68. The second-order valence-electron chi connectivity index (χ2n) is 4.15. The molecule has 0 saturated heterocycles. The molecule has 0 unspecified atom stereocenters. The molecule has 0 aliphatic heterocycles. The lowest BCUT2D eigenvalue weighted by molar-refractivity contribution is 0.413. The maximum absolute atomic E-state index is 5.58. The van der Waals surface area contributed by atoms with Gasteiger partial charge in [-0.15, -0.1) is 0 Å². The number of nitrogens with two attached hydrogens (primary N) is 1. The fourth-order valence-electron chi connectivity index (χ4n) is 1.55. The van der Waals surface area contributed by atoms with E-state index in [2.05, 4.69) is 26.0 Å². The zero-order valence-corrected chi connectivity index (χ0v) is 9.21. The van der Waals surface area contributed by atoms with Gasteiger partial charge in [0.2, 0.25) is 0 Å². The van der Waals surface area contributed by atoms with E-state index >= 15 is 0 Å². The van der Waals surface area contributed by atoms with Crippen molar-refractivity contribution in [1.82, 2.24) is 0 Å². The van der Waals surface area contributed by atoms with Crippen molar-refractivity contribution in [1.29, 1.82) is 0 Å². The van der Waals surface area contributed by atoms with Crippen molar-refractivity contribution in [3.8, 4) is 5.75 Å². The topological polar surface area (TPSA) is 35.2 Å². The van der Waals surface area contributed by atoms with Gasteiger partial charge in [-0.05, 0) is 36.1 Å². The standard InChI is InChI=1S/C12H19NO/c1-12(2,8-9-13)10-4-6-11(14-3)7-5-10/h4-7H,8-9,13H2,1-3H3. The molecule has 0 amide bonds. The van der Waals surface area contributed by atoms with E-state index in [1.54, 1.807) is 7.11 Å². The van der Waals surface area contributed by atoms with E-state index in [-0.39, 0.29) is 5.41 Å². The van der Waals surface area contributed by atoms with Crippen LogP contribution in [0.25, 0.3) is 0 Å². The van der Waals surface area contributed by atoms with Gasteiger partial charge in [-0.3, -0.25) is 0 Å². The number of methoxy groups -OCH3 is 1. The Kier molecular flexibility index (Phi) is 3.53. The lowest BCUT2D eigenvalue weighted by Gasteiger charge is -2.24. The fourth-order valence-corrected chi connectivity index (χ4v) is 1.55. The van der Waals surface area contributed by atoms with Crippen LogP contribution in [-0.4, -0.2) is 13.7 Å². The maximum Gasteiger partial charge on any atom is 0.118 e. The molecule has 0 radical (unpaired) electrons. The van der Waals surface area contributed by atoms with E-state index < -0.39 is 0 Å². The van der Waals surface area contributed by atoms with Gasteiger partial charge in [0.15, 0.2) is 0 Å². The summed E-state index contributed by atoms with van der Waals surface area (Å²) < 4.78 is 5.12. The van der Waals surface area contributed by atoms with E-state index in [9.17, 15) is 0 Å². The summed E-state index contributed by atoms with van der Waals surface area (Å²) in [6.45, 7) is 5.14. The molecule has 0 spiro atoms. The molecular weight excluding hydrogens is 174 g/mol. The van der Waals surface area contributed by atoms with Crippen molar-refractivity contribution in [2.24, 2.45) is 5.73 Å². The van der Waals surface area contributed by atoms with Gasteiger partial charge < -0.3 is 10.5 Å². The van der Waals surface area contributed by atoms with Crippen molar-refractivity contribution in [3.63, 3.8) is 0 Å². The highest BCUT2D eigenvalue weighted by Gasteiger charge is 2.18. The molecular formula is C12H19NO. The van der Waals surface area contributed by atoms with Crippen molar-refractivity contribution in [2.75, 3.05) is 13.7 Å². The predicted molar refractivity (Wildman–Crippen MR) is 59.7 cm³/mol. The molecule has 2 N–H and O–H groups in total. The first kappa shape index (κ1) is 11.1. The Balaban J connectivity index is 2.85. The van der Waals surface area contributed by atoms with Crippen LogP contribution in [0.15, 0.2) is 24.3 Å².